The van der Waals surface area contributed by atoms with Crippen LogP contribution in [-0.4, -0.2) is 47.3 Å². The molecule has 3 unspecified atom stereocenters. The molecule has 0 radical (unpaired) electrons. The molecule has 92 valence electrons. The number of piperidine rings is 1. The third-order valence-corrected chi connectivity index (χ3v) is 3.83. The summed E-state index contributed by atoms with van der Waals surface area (Å²) in [4.78, 5) is 13.4. The molecular weight excluding hydrogens is 206 g/mol. The molecule has 1 N–H and O–H groups in total. The van der Waals surface area contributed by atoms with Crippen LogP contribution in [0.15, 0.2) is 0 Å². The minimum absolute atomic E-state index is 0.0451. The SMILES string of the molecule is CCC1CC(C(=O)O)CCN1CC1(C)CO1. The van der Waals surface area contributed by atoms with E-state index in [4.69, 9.17) is 9.84 Å². The topological polar surface area (TPSA) is 53.1 Å². The number of ether oxygens (including phenoxy) is 1. The van der Waals surface area contributed by atoms with Crippen LogP contribution in [0.2, 0.25) is 0 Å². The van der Waals surface area contributed by atoms with E-state index in [1.165, 1.54) is 0 Å². The van der Waals surface area contributed by atoms with Gasteiger partial charge in [0.05, 0.1) is 12.5 Å². The number of aliphatic carboxylic acids is 1. The molecule has 4 heteroatoms. The first-order chi connectivity index (χ1) is 7.54. The highest BCUT2D eigenvalue weighted by Gasteiger charge is 2.43. The average molecular weight is 227 g/mol. The summed E-state index contributed by atoms with van der Waals surface area (Å²) in [6, 6.07) is 0.413. The Labute approximate surface area is 96.6 Å². The summed E-state index contributed by atoms with van der Waals surface area (Å²) in [7, 11) is 0. The fraction of sp³-hybridized carbons (Fsp3) is 0.917. The van der Waals surface area contributed by atoms with E-state index in [-0.39, 0.29) is 11.5 Å². The molecule has 16 heavy (non-hydrogen) atoms. The van der Waals surface area contributed by atoms with Gasteiger partial charge in [-0.25, -0.2) is 0 Å². The zero-order valence-electron chi connectivity index (χ0n) is 10.1. The first kappa shape index (κ1) is 11.9. The van der Waals surface area contributed by atoms with Crippen LogP contribution in [0.5, 0.6) is 0 Å². The Bertz CT molecular complexity index is 275. The number of nitrogens with zero attached hydrogens (tertiary/aromatic N) is 1. The average Bonchev–Trinajstić information content (AvgIpc) is 2.96. The lowest BCUT2D eigenvalue weighted by molar-refractivity contribution is -0.144. The van der Waals surface area contributed by atoms with Crippen molar-refractivity contribution >= 4 is 5.97 Å². The molecule has 3 atom stereocenters. The molecule has 2 rings (SSSR count). The van der Waals surface area contributed by atoms with Crippen LogP contribution < -0.4 is 0 Å². The normalized spacial score (nSPS) is 39.6. The van der Waals surface area contributed by atoms with E-state index in [2.05, 4.69) is 18.7 Å². The third-order valence-electron chi connectivity index (χ3n) is 3.83. The van der Waals surface area contributed by atoms with E-state index < -0.39 is 5.97 Å². The molecular formula is C12H21NO3. The largest absolute Gasteiger partial charge is 0.481 e. The lowest BCUT2D eigenvalue weighted by atomic mass is 9.89. The van der Waals surface area contributed by atoms with Gasteiger partial charge in [0.2, 0.25) is 0 Å². The summed E-state index contributed by atoms with van der Waals surface area (Å²) >= 11 is 0. The number of epoxide rings is 1. The molecule has 0 spiro atoms. The Hall–Kier alpha value is -0.610. The molecule has 2 aliphatic heterocycles. The van der Waals surface area contributed by atoms with Gasteiger partial charge in [-0.05, 0) is 32.7 Å². The molecule has 0 aromatic carbocycles. The van der Waals surface area contributed by atoms with Gasteiger partial charge in [0.15, 0.2) is 0 Å². The number of carbonyl (C=O) groups is 1. The number of carboxylic acids is 1. The van der Waals surface area contributed by atoms with E-state index in [1.807, 2.05) is 0 Å². The van der Waals surface area contributed by atoms with Crippen LogP contribution in [-0.2, 0) is 9.53 Å². The summed E-state index contributed by atoms with van der Waals surface area (Å²) in [5.74, 6) is -0.777. The summed E-state index contributed by atoms with van der Waals surface area (Å²) in [6.07, 6.45) is 2.60. The molecule has 2 fully saturated rings. The maximum absolute atomic E-state index is 11.0. The monoisotopic (exact) mass is 227 g/mol. The van der Waals surface area contributed by atoms with Crippen LogP contribution >= 0.6 is 0 Å². The second-order valence-electron chi connectivity index (χ2n) is 5.33. The van der Waals surface area contributed by atoms with Crippen LogP contribution in [0.3, 0.4) is 0 Å². The summed E-state index contributed by atoms with van der Waals surface area (Å²) in [5, 5.41) is 9.04. The van der Waals surface area contributed by atoms with Gasteiger partial charge in [-0.1, -0.05) is 6.92 Å². The highest BCUT2D eigenvalue weighted by molar-refractivity contribution is 5.70. The van der Waals surface area contributed by atoms with Crippen molar-refractivity contribution in [3.63, 3.8) is 0 Å². The second kappa shape index (κ2) is 4.34. The van der Waals surface area contributed by atoms with E-state index >= 15 is 0 Å². The number of likely N-dealkylation sites (tertiary alicyclic amines) is 1. The molecule has 2 heterocycles. The maximum Gasteiger partial charge on any atom is 0.306 e. The van der Waals surface area contributed by atoms with Crippen molar-refractivity contribution in [2.75, 3.05) is 19.7 Å². The molecule has 0 aliphatic carbocycles. The van der Waals surface area contributed by atoms with Gasteiger partial charge in [-0.15, -0.1) is 0 Å². The second-order valence-corrected chi connectivity index (χ2v) is 5.33. The van der Waals surface area contributed by atoms with Crippen LogP contribution in [0.1, 0.15) is 33.1 Å². The Morgan fingerprint density at radius 1 is 1.62 bits per heavy atom. The molecule has 2 aliphatic rings. The minimum atomic E-state index is -0.632. The van der Waals surface area contributed by atoms with Gasteiger partial charge < -0.3 is 9.84 Å². The van der Waals surface area contributed by atoms with E-state index in [0.29, 0.717) is 6.04 Å². The van der Waals surface area contributed by atoms with Crippen molar-refractivity contribution in [2.45, 2.75) is 44.8 Å². The van der Waals surface area contributed by atoms with Crippen molar-refractivity contribution in [1.29, 1.82) is 0 Å². The predicted molar refractivity (Wildman–Crippen MR) is 60.4 cm³/mol. The first-order valence-electron chi connectivity index (χ1n) is 6.15. The quantitative estimate of drug-likeness (QED) is 0.737. The molecule has 4 nitrogen and oxygen atoms in total. The smallest absolute Gasteiger partial charge is 0.306 e. The number of rotatable bonds is 4. The Morgan fingerprint density at radius 2 is 2.31 bits per heavy atom. The Kier molecular flexibility index (Phi) is 3.22. The van der Waals surface area contributed by atoms with Gasteiger partial charge in [-0.2, -0.15) is 0 Å². The molecule has 2 saturated heterocycles. The van der Waals surface area contributed by atoms with Crippen molar-refractivity contribution in [3.05, 3.63) is 0 Å². The fourth-order valence-corrected chi connectivity index (χ4v) is 2.60. The van der Waals surface area contributed by atoms with Crippen molar-refractivity contribution in [3.8, 4) is 0 Å². The number of hydrogen-bond acceptors (Lipinski definition) is 3. The minimum Gasteiger partial charge on any atom is -0.481 e. The van der Waals surface area contributed by atoms with E-state index in [0.717, 1.165) is 39.0 Å². The van der Waals surface area contributed by atoms with E-state index in [1.54, 1.807) is 0 Å². The number of carboxylic acid groups (broad SMARTS) is 1. The van der Waals surface area contributed by atoms with Gasteiger partial charge in [0.1, 0.15) is 5.60 Å². The molecule has 0 aromatic heterocycles. The van der Waals surface area contributed by atoms with Gasteiger partial charge in [0, 0.05) is 12.6 Å². The van der Waals surface area contributed by atoms with E-state index in [9.17, 15) is 4.79 Å². The molecule has 0 bridgehead atoms. The lowest BCUT2D eigenvalue weighted by Crippen LogP contribution is -2.47. The Balaban J connectivity index is 1.92. The van der Waals surface area contributed by atoms with Gasteiger partial charge >= 0.3 is 5.97 Å². The van der Waals surface area contributed by atoms with Crippen LogP contribution in [0.4, 0.5) is 0 Å². The maximum atomic E-state index is 11.0. The summed E-state index contributed by atoms with van der Waals surface area (Å²) in [6.45, 7) is 6.97. The summed E-state index contributed by atoms with van der Waals surface area (Å²) in [5.41, 5.74) is 0.0451. The lowest BCUT2D eigenvalue weighted by Gasteiger charge is -2.38. The zero-order valence-corrected chi connectivity index (χ0v) is 10.1. The standard InChI is InChI=1S/C12H21NO3/c1-3-10-6-9(11(14)15)4-5-13(10)7-12(2)8-16-12/h9-10H,3-8H2,1-2H3,(H,14,15). The summed E-state index contributed by atoms with van der Waals surface area (Å²) < 4.78 is 5.41. The molecule has 0 saturated carbocycles. The van der Waals surface area contributed by atoms with Crippen molar-refractivity contribution in [1.82, 2.24) is 4.90 Å². The predicted octanol–water partition coefficient (Wildman–Crippen LogP) is 1.35. The number of hydrogen-bond donors (Lipinski definition) is 1. The van der Waals surface area contributed by atoms with Crippen LogP contribution in [0, 0.1) is 5.92 Å². The van der Waals surface area contributed by atoms with Gasteiger partial charge in [-0.3, -0.25) is 9.69 Å². The third kappa shape index (κ3) is 2.55. The van der Waals surface area contributed by atoms with Gasteiger partial charge in [0.25, 0.3) is 0 Å². The highest BCUT2D eigenvalue weighted by atomic mass is 16.6. The highest BCUT2D eigenvalue weighted by Crippen LogP contribution is 2.32. The first-order valence-corrected chi connectivity index (χ1v) is 6.15. The van der Waals surface area contributed by atoms with Crippen molar-refractivity contribution < 1.29 is 14.6 Å². The fourth-order valence-electron chi connectivity index (χ4n) is 2.60. The zero-order chi connectivity index (χ0) is 11.8. The van der Waals surface area contributed by atoms with Crippen molar-refractivity contribution in [2.24, 2.45) is 5.92 Å². The molecule has 0 amide bonds. The van der Waals surface area contributed by atoms with Crippen LogP contribution in [0.25, 0.3) is 0 Å². The Morgan fingerprint density at radius 3 is 2.81 bits per heavy atom. The molecule has 0 aromatic rings.